The summed E-state index contributed by atoms with van der Waals surface area (Å²) in [4.78, 5) is 9.00. The quantitative estimate of drug-likeness (QED) is 0.158. The Kier molecular flexibility index (Phi) is 19.4. The van der Waals surface area contributed by atoms with Crippen molar-refractivity contribution in [1.82, 2.24) is 0 Å². The fraction of sp³-hybridized carbons (Fsp3) is 0.462. The molecule has 0 fully saturated rings. The minimum absolute atomic E-state index is 0.914. The molecule has 0 saturated carbocycles. The second-order valence-corrected chi connectivity index (χ2v) is 6.73. The number of nitrogens with zero attached hydrogens (tertiary/aromatic N) is 2. The molecule has 2 nitrogen and oxygen atoms in total. The molecule has 0 atom stereocenters. The molecular weight excluding hydrogens is 340 g/mol. The third-order valence-corrected chi connectivity index (χ3v) is 3.92. The SMILES string of the molecule is C\C=C/C=C\C(C)=N\CCCC/C=C\C=C/CCCC/N=C/C(C)=C\C=C/C. The minimum atomic E-state index is 0.914. The van der Waals surface area contributed by atoms with Gasteiger partial charge in [-0.2, -0.15) is 0 Å². The zero-order chi connectivity index (χ0) is 20.7. The number of rotatable bonds is 15. The summed E-state index contributed by atoms with van der Waals surface area (Å²) in [5.74, 6) is 0. The molecule has 0 saturated heterocycles. The number of allylic oxidation sites excluding steroid dienone is 12. The smallest absolute Gasteiger partial charge is 0.0392 e. The van der Waals surface area contributed by atoms with E-state index in [0.717, 1.165) is 44.5 Å². The molecular formula is C26H40N2. The van der Waals surface area contributed by atoms with Crippen LogP contribution in [0.2, 0.25) is 0 Å². The zero-order valence-electron chi connectivity index (χ0n) is 18.5. The fourth-order valence-corrected chi connectivity index (χ4v) is 2.30. The summed E-state index contributed by atoms with van der Waals surface area (Å²) < 4.78 is 0. The van der Waals surface area contributed by atoms with Crippen molar-refractivity contribution >= 4 is 11.9 Å². The molecule has 0 aliphatic rings. The lowest BCUT2D eigenvalue weighted by Gasteiger charge is -1.95. The van der Waals surface area contributed by atoms with Gasteiger partial charge in [-0.25, -0.2) is 0 Å². The van der Waals surface area contributed by atoms with Gasteiger partial charge in [0, 0.05) is 25.0 Å². The van der Waals surface area contributed by atoms with Crippen LogP contribution in [0.1, 0.15) is 66.2 Å². The first-order valence-electron chi connectivity index (χ1n) is 10.6. The molecule has 0 radical (unpaired) electrons. The highest BCUT2D eigenvalue weighted by Crippen LogP contribution is 2.00. The number of hydrogen-bond donors (Lipinski definition) is 0. The van der Waals surface area contributed by atoms with Crippen LogP contribution in [0, 0.1) is 0 Å². The second kappa shape index (κ2) is 21.1. The van der Waals surface area contributed by atoms with Crippen LogP contribution in [0.4, 0.5) is 0 Å². The Balaban J connectivity index is 3.62. The number of unbranched alkanes of at least 4 members (excludes halogenated alkanes) is 4. The summed E-state index contributed by atoms with van der Waals surface area (Å²) in [7, 11) is 0. The summed E-state index contributed by atoms with van der Waals surface area (Å²) >= 11 is 0. The van der Waals surface area contributed by atoms with Crippen molar-refractivity contribution in [1.29, 1.82) is 0 Å². The molecule has 0 N–H and O–H groups in total. The van der Waals surface area contributed by atoms with Gasteiger partial charge in [0.1, 0.15) is 0 Å². The molecule has 0 aromatic rings. The van der Waals surface area contributed by atoms with Crippen LogP contribution in [0.25, 0.3) is 0 Å². The molecule has 0 aromatic carbocycles. The lowest BCUT2D eigenvalue weighted by Crippen LogP contribution is -1.88. The predicted octanol–water partition coefficient (Wildman–Crippen LogP) is 7.63. The maximum Gasteiger partial charge on any atom is 0.0392 e. The third kappa shape index (κ3) is 20.1. The zero-order valence-corrected chi connectivity index (χ0v) is 18.5. The first-order valence-corrected chi connectivity index (χ1v) is 10.6. The molecule has 0 aliphatic carbocycles. The maximum absolute atomic E-state index is 4.55. The van der Waals surface area contributed by atoms with E-state index in [2.05, 4.69) is 60.3 Å². The van der Waals surface area contributed by atoms with E-state index < -0.39 is 0 Å². The molecule has 0 aliphatic heterocycles. The highest BCUT2D eigenvalue weighted by Gasteiger charge is 1.87. The summed E-state index contributed by atoms with van der Waals surface area (Å²) in [6, 6.07) is 0. The van der Waals surface area contributed by atoms with E-state index >= 15 is 0 Å². The normalized spacial score (nSPS) is 14.4. The molecule has 0 heterocycles. The molecule has 2 heteroatoms. The molecule has 0 unspecified atom stereocenters. The summed E-state index contributed by atoms with van der Waals surface area (Å²) in [6.45, 7) is 10.0. The minimum Gasteiger partial charge on any atom is -0.293 e. The van der Waals surface area contributed by atoms with Crippen molar-refractivity contribution in [3.8, 4) is 0 Å². The van der Waals surface area contributed by atoms with Gasteiger partial charge < -0.3 is 0 Å². The van der Waals surface area contributed by atoms with Crippen LogP contribution < -0.4 is 0 Å². The first-order chi connectivity index (χ1) is 13.7. The van der Waals surface area contributed by atoms with Crippen molar-refractivity contribution in [2.45, 2.75) is 66.2 Å². The average molecular weight is 381 g/mol. The standard InChI is InChI=1S/C26H40N2/c1-5-7-17-21-26(4)28-23-19-16-14-12-10-9-11-13-15-18-22-27-24-25(3)20-8-6-2/h5-12,17,20-21,24H,13-16,18-19,22-23H2,1-4H3/b7-5-,8-6-,11-9-,12-10-,21-17-,25-20-,27-24+,28-26+. The van der Waals surface area contributed by atoms with Crippen molar-refractivity contribution in [3.05, 3.63) is 72.4 Å². The Morgan fingerprint density at radius 3 is 2.00 bits per heavy atom. The van der Waals surface area contributed by atoms with Gasteiger partial charge in [-0.3, -0.25) is 9.98 Å². The Hall–Kier alpha value is -2.22. The summed E-state index contributed by atoms with van der Waals surface area (Å²) in [5, 5.41) is 0. The van der Waals surface area contributed by atoms with Gasteiger partial charge in [0.05, 0.1) is 0 Å². The van der Waals surface area contributed by atoms with Crippen LogP contribution in [0.15, 0.2) is 82.4 Å². The van der Waals surface area contributed by atoms with E-state index in [1.54, 1.807) is 0 Å². The van der Waals surface area contributed by atoms with Crippen molar-refractivity contribution in [2.24, 2.45) is 9.98 Å². The van der Waals surface area contributed by atoms with Gasteiger partial charge in [-0.15, -0.1) is 0 Å². The molecule has 0 spiro atoms. The van der Waals surface area contributed by atoms with E-state index in [1.165, 1.54) is 18.4 Å². The molecule has 0 bridgehead atoms. The molecule has 154 valence electrons. The van der Waals surface area contributed by atoms with Gasteiger partial charge in [0.25, 0.3) is 0 Å². The van der Waals surface area contributed by atoms with Crippen molar-refractivity contribution in [2.75, 3.05) is 13.1 Å². The van der Waals surface area contributed by atoms with Gasteiger partial charge in [-0.05, 0) is 77.9 Å². The van der Waals surface area contributed by atoms with Gasteiger partial charge in [0.15, 0.2) is 0 Å². The van der Waals surface area contributed by atoms with E-state index in [1.807, 2.05) is 50.4 Å². The third-order valence-electron chi connectivity index (χ3n) is 3.92. The Morgan fingerprint density at radius 2 is 1.36 bits per heavy atom. The summed E-state index contributed by atoms with van der Waals surface area (Å²) in [6.07, 6.45) is 32.0. The lowest BCUT2D eigenvalue weighted by atomic mass is 10.2. The van der Waals surface area contributed by atoms with Gasteiger partial charge in [0.2, 0.25) is 0 Å². The average Bonchev–Trinajstić information content (AvgIpc) is 2.69. The lowest BCUT2D eigenvalue weighted by molar-refractivity contribution is 0.758. The van der Waals surface area contributed by atoms with E-state index in [0.29, 0.717) is 0 Å². The van der Waals surface area contributed by atoms with Crippen LogP contribution in [0.3, 0.4) is 0 Å². The maximum atomic E-state index is 4.55. The van der Waals surface area contributed by atoms with E-state index in [-0.39, 0.29) is 0 Å². The van der Waals surface area contributed by atoms with Crippen molar-refractivity contribution < 1.29 is 0 Å². The van der Waals surface area contributed by atoms with Gasteiger partial charge in [-0.1, -0.05) is 60.8 Å². The monoisotopic (exact) mass is 380 g/mol. The second-order valence-electron chi connectivity index (χ2n) is 6.73. The topological polar surface area (TPSA) is 24.7 Å². The Labute approximate surface area is 174 Å². The molecule has 0 amide bonds. The highest BCUT2D eigenvalue weighted by molar-refractivity contribution is 5.92. The Bertz CT molecular complexity index is 596. The summed E-state index contributed by atoms with van der Waals surface area (Å²) in [5.41, 5.74) is 2.30. The molecule has 28 heavy (non-hydrogen) atoms. The van der Waals surface area contributed by atoms with E-state index in [9.17, 15) is 0 Å². The Morgan fingerprint density at radius 1 is 0.714 bits per heavy atom. The number of aliphatic imine (C=N–C) groups is 2. The number of hydrogen-bond acceptors (Lipinski definition) is 2. The first kappa shape index (κ1) is 25.8. The van der Waals surface area contributed by atoms with Crippen LogP contribution in [0.5, 0.6) is 0 Å². The van der Waals surface area contributed by atoms with Crippen LogP contribution in [-0.2, 0) is 0 Å². The molecule has 0 rings (SSSR count). The van der Waals surface area contributed by atoms with Gasteiger partial charge >= 0.3 is 0 Å². The van der Waals surface area contributed by atoms with Crippen LogP contribution in [-0.4, -0.2) is 25.0 Å². The van der Waals surface area contributed by atoms with Crippen molar-refractivity contribution in [3.63, 3.8) is 0 Å². The van der Waals surface area contributed by atoms with E-state index in [4.69, 9.17) is 0 Å². The predicted molar refractivity (Wildman–Crippen MR) is 130 cm³/mol. The largest absolute Gasteiger partial charge is 0.293 e. The highest BCUT2D eigenvalue weighted by atomic mass is 14.7. The van der Waals surface area contributed by atoms with Crippen LogP contribution >= 0.6 is 0 Å². The molecule has 0 aromatic heterocycles. The fourth-order valence-electron chi connectivity index (χ4n) is 2.30.